The highest BCUT2D eigenvalue weighted by atomic mass is 19.1. The van der Waals surface area contributed by atoms with Crippen molar-refractivity contribution in [3.05, 3.63) is 102 Å². The summed E-state index contributed by atoms with van der Waals surface area (Å²) in [6, 6.07) is 23.7. The molecule has 0 unspecified atom stereocenters. The lowest BCUT2D eigenvalue weighted by molar-refractivity contribution is -0.174. The molecule has 3 aromatic carbocycles. The third-order valence-corrected chi connectivity index (χ3v) is 4.79. The van der Waals surface area contributed by atoms with Crippen molar-refractivity contribution in [2.75, 3.05) is 11.9 Å². The van der Waals surface area contributed by atoms with Crippen molar-refractivity contribution < 1.29 is 23.5 Å². The Morgan fingerprint density at radius 1 is 0.903 bits per heavy atom. The molecule has 0 aliphatic heterocycles. The number of ether oxygens (including phenoxy) is 2. The van der Waals surface area contributed by atoms with Gasteiger partial charge in [-0.2, -0.15) is 0 Å². The van der Waals surface area contributed by atoms with Gasteiger partial charge in [-0.3, -0.25) is 4.79 Å². The van der Waals surface area contributed by atoms with Crippen LogP contribution in [0.5, 0.6) is 0 Å². The molecule has 1 atom stereocenters. The van der Waals surface area contributed by atoms with Crippen LogP contribution in [0.3, 0.4) is 0 Å². The second-order valence-electron chi connectivity index (χ2n) is 6.86. The minimum absolute atomic E-state index is 0.0117. The van der Waals surface area contributed by atoms with Gasteiger partial charge < -0.3 is 14.8 Å². The first-order valence-corrected chi connectivity index (χ1v) is 10.0. The summed E-state index contributed by atoms with van der Waals surface area (Å²) in [5, 5.41) is 2.45. The molecule has 0 aliphatic rings. The molecule has 0 aliphatic carbocycles. The van der Waals surface area contributed by atoms with Gasteiger partial charge in [0.05, 0.1) is 5.69 Å². The van der Waals surface area contributed by atoms with Crippen molar-refractivity contribution in [3.8, 4) is 0 Å². The number of hydrogen-bond acceptors (Lipinski definition) is 4. The molecule has 3 rings (SSSR count). The van der Waals surface area contributed by atoms with Crippen LogP contribution in [0.15, 0.2) is 84.9 Å². The predicted octanol–water partition coefficient (Wildman–Crippen LogP) is 4.68. The van der Waals surface area contributed by atoms with Gasteiger partial charge in [0.15, 0.2) is 6.10 Å². The van der Waals surface area contributed by atoms with E-state index in [1.807, 2.05) is 12.1 Å². The van der Waals surface area contributed by atoms with E-state index in [-0.39, 0.29) is 12.3 Å². The summed E-state index contributed by atoms with van der Waals surface area (Å²) in [6.45, 7) is 3.44. The zero-order chi connectivity index (χ0) is 22.3. The fourth-order valence-corrected chi connectivity index (χ4v) is 3.28. The Morgan fingerprint density at radius 2 is 1.42 bits per heavy atom. The molecule has 0 radical (unpaired) electrons. The summed E-state index contributed by atoms with van der Waals surface area (Å²) in [5.74, 6) is -1.96. The van der Waals surface area contributed by atoms with E-state index in [9.17, 15) is 14.0 Å². The second-order valence-corrected chi connectivity index (χ2v) is 6.86. The highest BCUT2D eigenvalue weighted by molar-refractivity contribution is 5.96. The van der Waals surface area contributed by atoms with Crippen molar-refractivity contribution in [2.45, 2.75) is 25.6 Å². The summed E-state index contributed by atoms with van der Waals surface area (Å²) in [6.07, 6.45) is -1.18. The van der Waals surface area contributed by atoms with Crippen LogP contribution in [0.4, 0.5) is 10.1 Å². The normalized spacial score (nSPS) is 12.1. The number of nitrogens with one attached hydrogen (secondary N) is 1. The molecule has 3 aromatic rings. The van der Waals surface area contributed by atoms with Crippen LogP contribution in [0.2, 0.25) is 0 Å². The molecular weight excluding hydrogens is 397 g/mol. The predicted molar refractivity (Wildman–Crippen MR) is 116 cm³/mol. The highest BCUT2D eigenvalue weighted by Crippen LogP contribution is 2.35. The van der Waals surface area contributed by atoms with E-state index in [1.54, 1.807) is 61.5 Å². The molecular formula is C25H24FNO4. The lowest BCUT2D eigenvalue weighted by Crippen LogP contribution is -2.44. The molecule has 0 aromatic heterocycles. The van der Waals surface area contributed by atoms with Crippen LogP contribution in [0, 0.1) is 5.82 Å². The van der Waals surface area contributed by atoms with Gasteiger partial charge in [-0.1, -0.05) is 72.8 Å². The van der Waals surface area contributed by atoms with Crippen molar-refractivity contribution in [1.82, 2.24) is 0 Å². The second kappa shape index (κ2) is 10.00. The summed E-state index contributed by atoms with van der Waals surface area (Å²) < 4.78 is 25.4. The van der Waals surface area contributed by atoms with E-state index in [4.69, 9.17) is 9.47 Å². The van der Waals surface area contributed by atoms with Crippen LogP contribution >= 0.6 is 0 Å². The number of benzene rings is 3. The van der Waals surface area contributed by atoms with Crippen LogP contribution < -0.4 is 5.32 Å². The van der Waals surface area contributed by atoms with Crippen LogP contribution in [-0.4, -0.2) is 24.6 Å². The zero-order valence-electron chi connectivity index (χ0n) is 17.4. The first kappa shape index (κ1) is 22.2. The maximum Gasteiger partial charge on any atom is 0.348 e. The molecule has 0 saturated carbocycles. The van der Waals surface area contributed by atoms with Crippen molar-refractivity contribution in [3.63, 3.8) is 0 Å². The fraction of sp³-hybridized carbons (Fsp3) is 0.200. The Balaban J connectivity index is 1.91. The number of esters is 1. The maximum atomic E-state index is 13.9. The topological polar surface area (TPSA) is 64.6 Å². The van der Waals surface area contributed by atoms with Crippen LogP contribution in [0.1, 0.15) is 25.0 Å². The lowest BCUT2D eigenvalue weighted by atomic mass is 9.86. The number of para-hydroxylation sites is 1. The minimum Gasteiger partial charge on any atom is -0.450 e. The van der Waals surface area contributed by atoms with Crippen molar-refractivity contribution >= 4 is 17.6 Å². The van der Waals surface area contributed by atoms with Crippen LogP contribution in [0.25, 0.3) is 0 Å². The average molecular weight is 421 g/mol. The first-order valence-electron chi connectivity index (χ1n) is 10.0. The van der Waals surface area contributed by atoms with Gasteiger partial charge in [0.25, 0.3) is 5.91 Å². The van der Waals surface area contributed by atoms with E-state index in [0.717, 1.165) is 0 Å². The molecule has 1 amide bonds. The van der Waals surface area contributed by atoms with Crippen LogP contribution in [-0.2, 0) is 24.7 Å². The smallest absolute Gasteiger partial charge is 0.348 e. The lowest BCUT2D eigenvalue weighted by Gasteiger charge is -2.33. The first-order chi connectivity index (χ1) is 15.0. The number of anilines is 1. The Labute approximate surface area is 180 Å². The molecule has 0 saturated heterocycles. The highest BCUT2D eigenvalue weighted by Gasteiger charge is 2.46. The number of carbonyl (C=O) groups excluding carboxylic acids is 2. The SMILES string of the molecule is CCOC(C(=O)O[C@H](C)C(=O)Nc1ccccc1F)(c1ccccc1)c1ccccc1. The van der Waals surface area contributed by atoms with Gasteiger partial charge >= 0.3 is 5.97 Å². The third-order valence-electron chi connectivity index (χ3n) is 4.79. The molecule has 0 bridgehead atoms. The number of carbonyl (C=O) groups is 2. The van der Waals surface area contributed by atoms with Gasteiger partial charge in [0.2, 0.25) is 5.60 Å². The van der Waals surface area contributed by atoms with E-state index < -0.39 is 29.4 Å². The number of halogens is 1. The number of rotatable bonds is 8. The molecule has 5 nitrogen and oxygen atoms in total. The third kappa shape index (κ3) is 4.81. The van der Waals surface area contributed by atoms with Gasteiger partial charge in [0.1, 0.15) is 5.82 Å². The van der Waals surface area contributed by atoms with Gasteiger partial charge in [0, 0.05) is 6.61 Å². The van der Waals surface area contributed by atoms with E-state index >= 15 is 0 Å². The maximum absolute atomic E-state index is 13.9. The molecule has 0 heterocycles. The summed E-state index contributed by atoms with van der Waals surface area (Å²) in [4.78, 5) is 26.1. The standard InChI is InChI=1S/C25H24FNO4/c1-3-30-25(19-12-6-4-7-13-19,20-14-8-5-9-15-20)24(29)31-18(2)23(28)27-22-17-11-10-16-21(22)26/h4-18H,3H2,1-2H3,(H,27,28)/t18-/m1/s1. The molecule has 31 heavy (non-hydrogen) atoms. The number of hydrogen-bond donors (Lipinski definition) is 1. The summed E-state index contributed by atoms with van der Waals surface area (Å²) in [7, 11) is 0. The quantitative estimate of drug-likeness (QED) is 0.537. The van der Waals surface area contributed by atoms with Gasteiger partial charge in [-0.15, -0.1) is 0 Å². The van der Waals surface area contributed by atoms with E-state index in [1.165, 1.54) is 25.1 Å². The molecule has 160 valence electrons. The Bertz CT molecular complexity index is 984. The zero-order valence-corrected chi connectivity index (χ0v) is 17.4. The Kier molecular flexibility index (Phi) is 7.15. The van der Waals surface area contributed by atoms with E-state index in [2.05, 4.69) is 5.32 Å². The van der Waals surface area contributed by atoms with E-state index in [0.29, 0.717) is 11.1 Å². The molecule has 0 spiro atoms. The Hall–Kier alpha value is -3.51. The van der Waals surface area contributed by atoms with Crippen molar-refractivity contribution in [2.24, 2.45) is 0 Å². The molecule has 6 heteroatoms. The fourth-order valence-electron chi connectivity index (χ4n) is 3.28. The molecule has 0 fully saturated rings. The molecule has 1 N–H and O–H groups in total. The minimum atomic E-state index is -1.55. The summed E-state index contributed by atoms with van der Waals surface area (Å²) in [5.41, 5.74) is -0.383. The monoisotopic (exact) mass is 421 g/mol. The summed E-state index contributed by atoms with van der Waals surface area (Å²) >= 11 is 0. The van der Waals surface area contributed by atoms with Crippen molar-refractivity contribution in [1.29, 1.82) is 0 Å². The largest absolute Gasteiger partial charge is 0.450 e. The average Bonchev–Trinajstić information content (AvgIpc) is 2.80. The number of amides is 1. The van der Waals surface area contributed by atoms with Gasteiger partial charge in [-0.05, 0) is 37.1 Å². The van der Waals surface area contributed by atoms with Gasteiger partial charge in [-0.25, -0.2) is 9.18 Å². The Morgan fingerprint density at radius 3 is 1.94 bits per heavy atom.